The topological polar surface area (TPSA) is 78.8 Å². The second-order valence-electron chi connectivity index (χ2n) is 4.46. The van der Waals surface area contributed by atoms with E-state index >= 15 is 0 Å². The first-order valence-electron chi connectivity index (χ1n) is 6.17. The Morgan fingerprint density at radius 2 is 2.16 bits per heavy atom. The molecule has 0 atom stereocenters. The van der Waals surface area contributed by atoms with Crippen LogP contribution in [0.25, 0.3) is 0 Å². The maximum atomic E-state index is 8.85. The van der Waals surface area contributed by atoms with Crippen LogP contribution in [0.3, 0.4) is 0 Å². The van der Waals surface area contributed by atoms with E-state index in [4.69, 9.17) is 11.0 Å². The van der Waals surface area contributed by atoms with E-state index in [1.807, 2.05) is 18.2 Å². The molecule has 1 aliphatic heterocycles. The van der Waals surface area contributed by atoms with Gasteiger partial charge >= 0.3 is 0 Å². The number of benzene rings is 1. The first kappa shape index (κ1) is 11.5. The minimum Gasteiger partial charge on any atom is -0.382 e. The van der Waals surface area contributed by atoms with Gasteiger partial charge in [0, 0.05) is 12.2 Å². The summed E-state index contributed by atoms with van der Waals surface area (Å²) < 4.78 is 0. The molecule has 19 heavy (non-hydrogen) atoms. The molecule has 0 bridgehead atoms. The van der Waals surface area contributed by atoms with Crippen molar-refractivity contribution in [3.8, 4) is 6.07 Å². The quantitative estimate of drug-likeness (QED) is 0.838. The Morgan fingerprint density at radius 1 is 1.32 bits per heavy atom. The van der Waals surface area contributed by atoms with Crippen LogP contribution < -0.4 is 10.6 Å². The lowest BCUT2D eigenvalue weighted by molar-refractivity contribution is 0.750. The molecule has 1 aromatic carbocycles. The van der Waals surface area contributed by atoms with Crippen LogP contribution in [-0.4, -0.2) is 16.5 Å². The van der Waals surface area contributed by atoms with Gasteiger partial charge in [0.05, 0.1) is 6.20 Å². The minimum atomic E-state index is 0.232. The summed E-state index contributed by atoms with van der Waals surface area (Å²) in [4.78, 5) is 10.5. The molecule has 2 aromatic rings. The molecule has 1 aliphatic rings. The summed E-state index contributed by atoms with van der Waals surface area (Å²) in [5.41, 5.74) is 8.49. The number of nitrogen functional groups attached to an aromatic ring is 1. The van der Waals surface area contributed by atoms with Crippen molar-refractivity contribution in [2.45, 2.75) is 12.8 Å². The van der Waals surface area contributed by atoms with Crippen LogP contribution in [0.2, 0.25) is 0 Å². The Morgan fingerprint density at radius 3 is 2.95 bits per heavy atom. The van der Waals surface area contributed by atoms with Crippen molar-refractivity contribution >= 4 is 17.5 Å². The molecular weight excluding hydrogens is 238 g/mol. The highest BCUT2D eigenvalue weighted by atomic mass is 15.3. The highest BCUT2D eigenvalue weighted by Crippen LogP contribution is 2.31. The summed E-state index contributed by atoms with van der Waals surface area (Å²) in [6.45, 7) is 0.863. The van der Waals surface area contributed by atoms with Crippen molar-refractivity contribution in [3.63, 3.8) is 0 Å². The fourth-order valence-electron chi connectivity index (χ4n) is 2.34. The smallest absolute Gasteiger partial charge is 0.231 e. The monoisotopic (exact) mass is 251 g/mol. The predicted molar refractivity (Wildman–Crippen MR) is 72.9 cm³/mol. The molecule has 0 amide bonds. The lowest BCUT2D eigenvalue weighted by Crippen LogP contribution is -2.26. The zero-order valence-electron chi connectivity index (χ0n) is 10.4. The Labute approximate surface area is 111 Å². The molecule has 3 rings (SSSR count). The van der Waals surface area contributed by atoms with Crippen LogP contribution >= 0.6 is 0 Å². The summed E-state index contributed by atoms with van der Waals surface area (Å²) in [6.07, 6.45) is 3.60. The largest absolute Gasteiger partial charge is 0.382 e. The molecule has 1 aromatic heterocycles. The fourth-order valence-corrected chi connectivity index (χ4v) is 2.34. The molecule has 0 unspecified atom stereocenters. The fraction of sp³-hybridized carbons (Fsp3) is 0.214. The Balaban J connectivity index is 2.05. The number of para-hydroxylation sites is 1. The van der Waals surface area contributed by atoms with E-state index < -0.39 is 0 Å². The van der Waals surface area contributed by atoms with E-state index in [-0.39, 0.29) is 5.82 Å². The second-order valence-corrected chi connectivity index (χ2v) is 4.46. The summed E-state index contributed by atoms with van der Waals surface area (Å²) in [7, 11) is 0. The SMILES string of the molecule is N#Cc1cnc(N2CCCc3ccccc32)nc1N. The van der Waals surface area contributed by atoms with Crippen molar-refractivity contribution in [3.05, 3.63) is 41.6 Å². The predicted octanol–water partition coefficient (Wildman–Crippen LogP) is 2.01. The first-order chi connectivity index (χ1) is 9.29. The normalized spacial score (nSPS) is 13.7. The van der Waals surface area contributed by atoms with Crippen molar-refractivity contribution in [2.75, 3.05) is 17.2 Å². The summed E-state index contributed by atoms with van der Waals surface area (Å²) in [6, 6.07) is 10.2. The standard InChI is InChI=1S/C14H13N5/c15-8-11-9-17-14(18-13(11)16)19-7-3-5-10-4-1-2-6-12(10)19/h1-2,4,6,9H,3,5,7H2,(H2,16,17,18). The van der Waals surface area contributed by atoms with Gasteiger partial charge in [0.25, 0.3) is 0 Å². The van der Waals surface area contributed by atoms with E-state index in [1.165, 1.54) is 11.8 Å². The van der Waals surface area contributed by atoms with Gasteiger partial charge in [-0.15, -0.1) is 0 Å². The Bertz CT molecular complexity index is 659. The number of anilines is 3. The molecule has 0 saturated heterocycles. The van der Waals surface area contributed by atoms with Crippen molar-refractivity contribution in [2.24, 2.45) is 0 Å². The van der Waals surface area contributed by atoms with Crippen LogP contribution in [0.1, 0.15) is 17.5 Å². The number of nitrogens with two attached hydrogens (primary N) is 1. The average molecular weight is 251 g/mol. The number of aryl methyl sites for hydroxylation is 1. The van der Waals surface area contributed by atoms with E-state index in [2.05, 4.69) is 27.0 Å². The highest BCUT2D eigenvalue weighted by Gasteiger charge is 2.20. The number of nitrogens with zero attached hydrogens (tertiary/aromatic N) is 4. The van der Waals surface area contributed by atoms with Gasteiger partial charge < -0.3 is 10.6 Å². The first-order valence-corrected chi connectivity index (χ1v) is 6.17. The summed E-state index contributed by atoms with van der Waals surface area (Å²) in [5, 5.41) is 8.85. The Kier molecular flexibility index (Phi) is 2.76. The third kappa shape index (κ3) is 1.97. The van der Waals surface area contributed by atoms with Gasteiger partial charge in [-0.25, -0.2) is 4.98 Å². The second kappa shape index (κ2) is 4.58. The molecule has 0 fully saturated rings. The number of hydrogen-bond acceptors (Lipinski definition) is 5. The number of rotatable bonds is 1. The van der Waals surface area contributed by atoms with Crippen LogP contribution in [0.15, 0.2) is 30.5 Å². The van der Waals surface area contributed by atoms with Crippen LogP contribution in [0.5, 0.6) is 0 Å². The summed E-state index contributed by atoms with van der Waals surface area (Å²) >= 11 is 0. The average Bonchev–Trinajstić information content (AvgIpc) is 2.46. The van der Waals surface area contributed by atoms with Crippen LogP contribution in [-0.2, 0) is 6.42 Å². The highest BCUT2D eigenvalue weighted by molar-refractivity contribution is 5.64. The molecule has 2 heterocycles. The molecular formula is C14H13N5. The van der Waals surface area contributed by atoms with Crippen LogP contribution in [0, 0.1) is 11.3 Å². The van der Waals surface area contributed by atoms with Gasteiger partial charge in [0.2, 0.25) is 5.95 Å². The number of aromatic nitrogens is 2. The zero-order valence-corrected chi connectivity index (χ0v) is 10.4. The third-order valence-electron chi connectivity index (χ3n) is 3.28. The molecule has 0 spiro atoms. The Hall–Kier alpha value is -2.61. The lowest BCUT2D eigenvalue weighted by atomic mass is 10.0. The maximum Gasteiger partial charge on any atom is 0.231 e. The number of hydrogen-bond donors (Lipinski definition) is 1. The van der Waals surface area contributed by atoms with Gasteiger partial charge in [0.1, 0.15) is 17.5 Å². The van der Waals surface area contributed by atoms with Crippen molar-refractivity contribution in [1.29, 1.82) is 5.26 Å². The van der Waals surface area contributed by atoms with Gasteiger partial charge in [-0.3, -0.25) is 0 Å². The van der Waals surface area contributed by atoms with Crippen molar-refractivity contribution < 1.29 is 0 Å². The van der Waals surface area contributed by atoms with Gasteiger partial charge in [-0.05, 0) is 24.5 Å². The molecule has 5 nitrogen and oxygen atoms in total. The van der Waals surface area contributed by atoms with Gasteiger partial charge in [0.15, 0.2) is 0 Å². The maximum absolute atomic E-state index is 8.85. The minimum absolute atomic E-state index is 0.232. The molecule has 0 aliphatic carbocycles. The molecule has 5 heteroatoms. The van der Waals surface area contributed by atoms with E-state index in [1.54, 1.807) is 0 Å². The lowest BCUT2D eigenvalue weighted by Gasteiger charge is -2.29. The number of nitriles is 1. The van der Waals surface area contributed by atoms with Crippen molar-refractivity contribution in [1.82, 2.24) is 9.97 Å². The molecule has 0 radical (unpaired) electrons. The van der Waals surface area contributed by atoms with E-state index in [0.717, 1.165) is 25.1 Å². The number of fused-ring (bicyclic) bond motifs is 1. The van der Waals surface area contributed by atoms with Gasteiger partial charge in [-0.1, -0.05) is 18.2 Å². The van der Waals surface area contributed by atoms with Gasteiger partial charge in [-0.2, -0.15) is 10.2 Å². The zero-order chi connectivity index (χ0) is 13.2. The molecule has 0 saturated carbocycles. The van der Waals surface area contributed by atoms with E-state index in [9.17, 15) is 0 Å². The third-order valence-corrected chi connectivity index (χ3v) is 3.28. The van der Waals surface area contributed by atoms with E-state index in [0.29, 0.717) is 11.5 Å². The molecule has 94 valence electrons. The molecule has 2 N–H and O–H groups in total. The van der Waals surface area contributed by atoms with Crippen LogP contribution in [0.4, 0.5) is 17.5 Å². The summed E-state index contributed by atoms with van der Waals surface area (Å²) in [5.74, 6) is 0.791.